The molecule has 4 nitrogen and oxygen atoms in total. The average molecular weight is 351 g/mol. The van der Waals surface area contributed by atoms with Crippen LogP contribution in [0.25, 0.3) is 0 Å². The Hall–Kier alpha value is -2.33. The lowest BCUT2D eigenvalue weighted by Crippen LogP contribution is -2.62. The van der Waals surface area contributed by atoms with Crippen LogP contribution in [0.5, 0.6) is 0 Å². The van der Waals surface area contributed by atoms with Crippen molar-refractivity contribution in [2.75, 3.05) is 32.0 Å². The van der Waals surface area contributed by atoms with E-state index in [2.05, 4.69) is 12.4 Å². The molecule has 5 rings (SSSR count). The second-order valence-electron chi connectivity index (χ2n) is 7.92. The number of hydrogen-bond donors (Lipinski definition) is 1. The molecule has 3 aliphatic heterocycles. The third-order valence-electron chi connectivity index (χ3n) is 5.95. The third kappa shape index (κ3) is 3.61. The zero-order chi connectivity index (χ0) is 18.0. The molecule has 2 atom stereocenters. The molecule has 0 spiro atoms. The molecule has 0 radical (unpaired) electrons. The largest absolute Gasteiger partial charge is 0.454 e. The number of hydrogen-bond acceptors (Lipinski definition) is 3. The van der Waals surface area contributed by atoms with Crippen molar-refractivity contribution in [3.05, 3.63) is 66.2 Å². The van der Waals surface area contributed by atoms with E-state index in [0.717, 1.165) is 35.1 Å². The van der Waals surface area contributed by atoms with Crippen molar-refractivity contribution in [3.8, 4) is 0 Å². The number of nitrogens with zero attached hydrogens (tertiary/aromatic N) is 1. The molecule has 2 aromatic carbocycles. The van der Waals surface area contributed by atoms with Gasteiger partial charge < -0.3 is 14.5 Å². The summed E-state index contributed by atoms with van der Waals surface area (Å²) in [5, 5.41) is 3.36. The molecule has 3 saturated heterocycles. The highest BCUT2D eigenvalue weighted by atomic mass is 16.5. The van der Waals surface area contributed by atoms with E-state index in [1.807, 2.05) is 60.7 Å². The Morgan fingerprint density at radius 1 is 1.04 bits per heavy atom. The maximum absolute atomic E-state index is 13.1. The minimum atomic E-state index is -0.487. The molecule has 3 aliphatic rings. The lowest BCUT2D eigenvalue weighted by Gasteiger charge is -2.49. The first kappa shape index (κ1) is 17.1. The van der Waals surface area contributed by atoms with E-state index < -0.39 is 6.04 Å². The molecule has 3 fully saturated rings. The second-order valence-corrected chi connectivity index (χ2v) is 7.92. The highest BCUT2D eigenvalue weighted by Gasteiger charge is 2.45. The summed E-state index contributed by atoms with van der Waals surface area (Å²) in [5.74, 6) is 0.345. The van der Waals surface area contributed by atoms with E-state index in [-0.39, 0.29) is 12.1 Å². The highest BCUT2D eigenvalue weighted by molar-refractivity contribution is 5.81. The van der Waals surface area contributed by atoms with Crippen LogP contribution in [-0.2, 0) is 9.53 Å². The topological polar surface area (TPSA) is 38.3 Å². The molecule has 136 valence electrons. The first-order valence-corrected chi connectivity index (χ1v) is 9.54. The minimum Gasteiger partial charge on any atom is -0.454 e. The maximum atomic E-state index is 13.1. The lowest BCUT2D eigenvalue weighted by atomic mass is 9.84. The predicted octanol–water partition coefficient (Wildman–Crippen LogP) is 3.62. The molecule has 2 aromatic rings. The van der Waals surface area contributed by atoms with Crippen LogP contribution < -0.4 is 5.32 Å². The van der Waals surface area contributed by atoms with Crippen LogP contribution in [0, 0.1) is 5.92 Å². The molecule has 0 aliphatic carbocycles. The van der Waals surface area contributed by atoms with Crippen molar-refractivity contribution in [3.63, 3.8) is 0 Å². The van der Waals surface area contributed by atoms with Gasteiger partial charge in [0.1, 0.15) is 6.54 Å². The molecule has 1 unspecified atom stereocenters. The summed E-state index contributed by atoms with van der Waals surface area (Å²) in [4.78, 5) is 13.1. The Morgan fingerprint density at radius 2 is 1.65 bits per heavy atom. The Morgan fingerprint density at radius 3 is 2.27 bits per heavy atom. The van der Waals surface area contributed by atoms with Gasteiger partial charge in [-0.2, -0.15) is 0 Å². The fourth-order valence-corrected chi connectivity index (χ4v) is 4.32. The monoisotopic (exact) mass is 351 g/mol. The predicted molar refractivity (Wildman–Crippen MR) is 103 cm³/mol. The van der Waals surface area contributed by atoms with Gasteiger partial charge in [0, 0.05) is 24.4 Å². The van der Waals surface area contributed by atoms with Gasteiger partial charge in [-0.3, -0.25) is 0 Å². The molecule has 3 heterocycles. The van der Waals surface area contributed by atoms with Crippen molar-refractivity contribution in [1.29, 1.82) is 0 Å². The van der Waals surface area contributed by atoms with Crippen LogP contribution in [-0.4, -0.2) is 43.2 Å². The summed E-state index contributed by atoms with van der Waals surface area (Å²) in [6.45, 7) is 3.37. The van der Waals surface area contributed by atoms with E-state index in [9.17, 15) is 4.79 Å². The molecule has 26 heavy (non-hydrogen) atoms. The van der Waals surface area contributed by atoms with Crippen molar-refractivity contribution in [1.82, 2.24) is 0 Å². The van der Waals surface area contributed by atoms with Crippen LogP contribution in [0.3, 0.4) is 0 Å². The molecule has 1 N–H and O–H groups in total. The summed E-state index contributed by atoms with van der Waals surface area (Å²) in [7, 11) is 2.28. The first-order valence-electron chi connectivity index (χ1n) is 9.54. The van der Waals surface area contributed by atoms with Crippen LogP contribution in [0.15, 0.2) is 60.7 Å². The smallest absolute Gasteiger partial charge is 0.333 e. The summed E-state index contributed by atoms with van der Waals surface area (Å²) in [6, 6.07) is 19.2. The van der Waals surface area contributed by atoms with Crippen molar-refractivity contribution < 1.29 is 14.0 Å². The van der Waals surface area contributed by atoms with Crippen LogP contribution in [0.1, 0.15) is 24.4 Å². The number of quaternary nitrogens is 1. The number of nitrogens with one attached hydrogen (secondary N) is 1. The van der Waals surface area contributed by atoms with Gasteiger partial charge in [0.15, 0.2) is 12.1 Å². The number of para-hydroxylation sites is 1. The molecular formula is C22H27N2O2+. The second kappa shape index (κ2) is 7.12. The number of likely N-dealkylation sites (N-methyl/N-ethyl adjacent to an activating group) is 1. The van der Waals surface area contributed by atoms with Gasteiger partial charge in [0.2, 0.25) is 0 Å². The van der Waals surface area contributed by atoms with Gasteiger partial charge in [-0.15, -0.1) is 0 Å². The molecule has 0 saturated carbocycles. The fraction of sp³-hybridized carbons (Fsp3) is 0.409. The summed E-state index contributed by atoms with van der Waals surface area (Å²) < 4.78 is 7.10. The van der Waals surface area contributed by atoms with Crippen LogP contribution in [0.4, 0.5) is 5.69 Å². The van der Waals surface area contributed by atoms with Gasteiger partial charge >= 0.3 is 5.97 Å². The molecule has 0 amide bonds. The van der Waals surface area contributed by atoms with Gasteiger partial charge in [0.25, 0.3) is 0 Å². The SMILES string of the molecule is C[N+]12CCC(CC1)[C@@H](OC(=O)C(Nc1ccccc1)c1ccccc1)C2. The number of anilines is 1. The van der Waals surface area contributed by atoms with Crippen LogP contribution in [0.2, 0.25) is 0 Å². The van der Waals surface area contributed by atoms with Gasteiger partial charge in [-0.25, -0.2) is 4.79 Å². The number of ether oxygens (including phenoxy) is 1. The zero-order valence-electron chi connectivity index (χ0n) is 15.3. The van der Waals surface area contributed by atoms with Gasteiger partial charge in [0.05, 0.1) is 20.1 Å². The van der Waals surface area contributed by atoms with Gasteiger partial charge in [-0.05, 0) is 17.7 Å². The average Bonchev–Trinajstić information content (AvgIpc) is 2.67. The number of fused-ring (bicyclic) bond motifs is 3. The van der Waals surface area contributed by atoms with E-state index in [1.54, 1.807) is 0 Å². The number of piperidine rings is 3. The minimum absolute atomic E-state index is 0.0405. The number of benzene rings is 2. The van der Waals surface area contributed by atoms with E-state index >= 15 is 0 Å². The number of rotatable bonds is 5. The highest BCUT2D eigenvalue weighted by Crippen LogP contribution is 2.35. The molecular weight excluding hydrogens is 324 g/mol. The number of carbonyl (C=O) groups is 1. The summed E-state index contributed by atoms with van der Waals surface area (Å²) in [5.41, 5.74) is 1.86. The fourth-order valence-electron chi connectivity index (χ4n) is 4.32. The Balaban J connectivity index is 1.53. The number of esters is 1. The van der Waals surface area contributed by atoms with E-state index in [4.69, 9.17) is 4.74 Å². The summed E-state index contributed by atoms with van der Waals surface area (Å²) >= 11 is 0. The molecule has 2 bridgehead atoms. The van der Waals surface area contributed by atoms with E-state index in [0.29, 0.717) is 5.92 Å². The lowest BCUT2D eigenvalue weighted by molar-refractivity contribution is -0.928. The molecule has 0 aromatic heterocycles. The Labute approximate surface area is 155 Å². The van der Waals surface area contributed by atoms with Crippen LogP contribution >= 0.6 is 0 Å². The van der Waals surface area contributed by atoms with Crippen molar-refractivity contribution in [2.45, 2.75) is 25.0 Å². The third-order valence-corrected chi connectivity index (χ3v) is 5.95. The van der Waals surface area contributed by atoms with E-state index in [1.165, 1.54) is 13.1 Å². The molecule has 4 heteroatoms. The van der Waals surface area contributed by atoms with Crippen molar-refractivity contribution >= 4 is 11.7 Å². The maximum Gasteiger partial charge on any atom is 0.333 e. The number of carbonyl (C=O) groups excluding carboxylic acids is 1. The Bertz CT molecular complexity index is 739. The first-order chi connectivity index (χ1) is 12.6. The zero-order valence-corrected chi connectivity index (χ0v) is 15.3. The van der Waals surface area contributed by atoms with Crippen molar-refractivity contribution in [2.24, 2.45) is 5.92 Å². The Kier molecular flexibility index (Phi) is 4.68. The van der Waals surface area contributed by atoms with Gasteiger partial charge in [-0.1, -0.05) is 48.5 Å². The standard InChI is InChI=1S/C22H27N2O2/c1-24-14-12-17(13-15-24)20(16-24)26-22(25)21(18-8-4-2-5-9-18)23-19-10-6-3-7-11-19/h2-11,17,20-21,23H,12-16H2,1H3/q+1/t17?,20-,21?,24?/m0/s1. The quantitative estimate of drug-likeness (QED) is 0.660. The summed E-state index contributed by atoms with van der Waals surface area (Å²) in [6.07, 6.45) is 2.37. The normalized spacial score (nSPS) is 28.3.